The van der Waals surface area contributed by atoms with Crippen molar-refractivity contribution in [2.24, 2.45) is 5.73 Å². The zero-order valence-electron chi connectivity index (χ0n) is 11.0. The molecule has 1 aromatic heterocycles. The number of pyridine rings is 1. The molecule has 5 nitrogen and oxygen atoms in total. The van der Waals surface area contributed by atoms with Gasteiger partial charge in [-0.2, -0.15) is 0 Å². The van der Waals surface area contributed by atoms with Crippen LogP contribution in [0.3, 0.4) is 0 Å². The maximum atomic E-state index is 12.4. The van der Waals surface area contributed by atoms with Gasteiger partial charge in [-0.15, -0.1) is 0 Å². The minimum atomic E-state index is -3.81. The van der Waals surface area contributed by atoms with E-state index in [1.807, 2.05) is 6.92 Å². The van der Waals surface area contributed by atoms with E-state index in [2.05, 4.69) is 25.6 Å². The molecular weight excluding hydrogens is 374 g/mol. The molecule has 0 saturated carbocycles. The fraction of sp³-hybridized carbons (Fsp3) is 0.0769. The van der Waals surface area contributed by atoms with Gasteiger partial charge in [-0.3, -0.25) is 9.71 Å². The molecule has 2 aromatic rings. The number of halogens is 1. The summed E-state index contributed by atoms with van der Waals surface area (Å²) in [5.74, 6) is 0. The van der Waals surface area contributed by atoms with Crippen LogP contribution in [0, 0.1) is 6.92 Å². The molecule has 0 unspecified atom stereocenters. The summed E-state index contributed by atoms with van der Waals surface area (Å²) < 4.78 is 28.3. The van der Waals surface area contributed by atoms with Crippen LogP contribution < -0.4 is 10.5 Å². The molecule has 0 amide bonds. The molecule has 3 N–H and O–H groups in total. The molecule has 21 heavy (non-hydrogen) atoms. The number of thiocarbonyl (C=S) groups is 1. The third-order valence-electron chi connectivity index (χ3n) is 2.70. The summed E-state index contributed by atoms with van der Waals surface area (Å²) in [6.45, 7) is 1.87. The number of aryl methyl sites for hydroxylation is 1. The van der Waals surface area contributed by atoms with Crippen LogP contribution in [0.4, 0.5) is 5.69 Å². The van der Waals surface area contributed by atoms with Crippen molar-refractivity contribution in [2.75, 3.05) is 4.72 Å². The smallest absolute Gasteiger partial charge is 0.264 e. The molecule has 1 aromatic carbocycles. The summed E-state index contributed by atoms with van der Waals surface area (Å²) in [7, 11) is -3.81. The van der Waals surface area contributed by atoms with Crippen LogP contribution in [-0.2, 0) is 10.0 Å². The number of benzene rings is 1. The summed E-state index contributed by atoms with van der Waals surface area (Å²) in [5, 5.41) is 0. The summed E-state index contributed by atoms with van der Waals surface area (Å²) in [6, 6.07) is 8.08. The Morgan fingerprint density at radius 3 is 2.71 bits per heavy atom. The molecule has 0 aliphatic rings. The first kappa shape index (κ1) is 15.9. The van der Waals surface area contributed by atoms with Crippen molar-refractivity contribution in [3.63, 3.8) is 0 Å². The van der Waals surface area contributed by atoms with Crippen LogP contribution in [-0.4, -0.2) is 18.4 Å². The average Bonchev–Trinajstić information content (AvgIpc) is 2.42. The van der Waals surface area contributed by atoms with E-state index in [-0.39, 0.29) is 15.6 Å². The van der Waals surface area contributed by atoms with Gasteiger partial charge in [0.25, 0.3) is 10.0 Å². The fourth-order valence-corrected chi connectivity index (χ4v) is 3.41. The third-order valence-corrected chi connectivity index (χ3v) is 5.20. The van der Waals surface area contributed by atoms with Gasteiger partial charge in [-0.05, 0) is 42.8 Å². The number of sulfonamides is 1. The van der Waals surface area contributed by atoms with E-state index in [0.29, 0.717) is 5.69 Å². The SMILES string of the molecule is Cc1cc(NS(=O)(=O)c2cccnc2C(N)=S)ccc1Br. The van der Waals surface area contributed by atoms with Crippen LogP contribution in [0.25, 0.3) is 0 Å². The van der Waals surface area contributed by atoms with Crippen molar-refractivity contribution in [1.82, 2.24) is 4.98 Å². The summed E-state index contributed by atoms with van der Waals surface area (Å²) >= 11 is 8.20. The summed E-state index contributed by atoms with van der Waals surface area (Å²) in [4.78, 5) is 3.81. The predicted octanol–water partition coefficient (Wildman–Crippen LogP) is 2.59. The molecule has 0 radical (unpaired) electrons. The maximum Gasteiger partial charge on any atom is 0.264 e. The van der Waals surface area contributed by atoms with Gasteiger partial charge in [-0.1, -0.05) is 28.1 Å². The van der Waals surface area contributed by atoms with Crippen LogP contribution in [0.1, 0.15) is 11.3 Å². The van der Waals surface area contributed by atoms with Crippen molar-refractivity contribution in [2.45, 2.75) is 11.8 Å². The third kappa shape index (κ3) is 3.58. The molecule has 2 rings (SSSR count). The Hall–Kier alpha value is -1.51. The highest BCUT2D eigenvalue weighted by molar-refractivity contribution is 9.10. The van der Waals surface area contributed by atoms with E-state index in [1.54, 1.807) is 18.2 Å². The molecular formula is C13H12BrN3O2S2. The molecule has 1 heterocycles. The number of nitrogens with two attached hydrogens (primary N) is 1. The number of nitrogens with zero attached hydrogens (tertiary/aromatic N) is 1. The average molecular weight is 386 g/mol. The number of hydrogen-bond donors (Lipinski definition) is 2. The Balaban J connectivity index is 2.43. The maximum absolute atomic E-state index is 12.4. The van der Waals surface area contributed by atoms with Crippen LogP contribution in [0.5, 0.6) is 0 Å². The summed E-state index contributed by atoms with van der Waals surface area (Å²) in [5.41, 5.74) is 6.96. The van der Waals surface area contributed by atoms with Crippen molar-refractivity contribution < 1.29 is 8.42 Å². The minimum Gasteiger partial charge on any atom is -0.388 e. The fourth-order valence-electron chi connectivity index (χ4n) is 1.71. The molecule has 0 spiro atoms. The monoisotopic (exact) mass is 385 g/mol. The minimum absolute atomic E-state index is 0.0435. The zero-order valence-corrected chi connectivity index (χ0v) is 14.2. The lowest BCUT2D eigenvalue weighted by Crippen LogP contribution is -2.21. The second-order valence-electron chi connectivity index (χ2n) is 4.28. The molecule has 0 atom stereocenters. The standard InChI is InChI=1S/C13H12BrN3O2S2/c1-8-7-9(4-5-10(8)14)17-21(18,19)11-3-2-6-16-12(11)13(15)20/h2-7,17H,1H3,(H2,15,20). The Kier molecular flexibility index (Phi) is 4.60. The highest BCUT2D eigenvalue weighted by Crippen LogP contribution is 2.23. The van der Waals surface area contributed by atoms with E-state index < -0.39 is 10.0 Å². The van der Waals surface area contributed by atoms with E-state index in [4.69, 9.17) is 18.0 Å². The largest absolute Gasteiger partial charge is 0.388 e. The van der Waals surface area contributed by atoms with E-state index in [1.165, 1.54) is 18.3 Å². The second kappa shape index (κ2) is 6.08. The molecule has 0 bridgehead atoms. The lowest BCUT2D eigenvalue weighted by Gasteiger charge is -2.11. The normalized spacial score (nSPS) is 11.1. The van der Waals surface area contributed by atoms with Gasteiger partial charge in [0.15, 0.2) is 0 Å². The van der Waals surface area contributed by atoms with Crippen LogP contribution >= 0.6 is 28.1 Å². The quantitative estimate of drug-likeness (QED) is 0.789. The first-order chi connectivity index (χ1) is 9.81. The van der Waals surface area contributed by atoms with E-state index in [9.17, 15) is 8.42 Å². The van der Waals surface area contributed by atoms with Crippen molar-refractivity contribution in [1.29, 1.82) is 0 Å². The highest BCUT2D eigenvalue weighted by Gasteiger charge is 2.20. The first-order valence-corrected chi connectivity index (χ1v) is 8.53. The summed E-state index contributed by atoms with van der Waals surface area (Å²) in [6.07, 6.45) is 1.44. The predicted molar refractivity (Wildman–Crippen MR) is 89.8 cm³/mol. The Labute approximate surface area is 136 Å². The van der Waals surface area contributed by atoms with Crippen molar-refractivity contribution in [3.05, 3.63) is 52.3 Å². The van der Waals surface area contributed by atoms with Gasteiger partial charge >= 0.3 is 0 Å². The number of aromatic nitrogens is 1. The van der Waals surface area contributed by atoms with E-state index >= 15 is 0 Å². The second-order valence-corrected chi connectivity index (χ2v) is 7.23. The molecule has 0 fully saturated rings. The highest BCUT2D eigenvalue weighted by atomic mass is 79.9. The van der Waals surface area contributed by atoms with Gasteiger partial charge in [0.1, 0.15) is 15.6 Å². The molecule has 0 saturated heterocycles. The van der Waals surface area contributed by atoms with Crippen LogP contribution in [0.15, 0.2) is 45.9 Å². The lowest BCUT2D eigenvalue weighted by molar-refractivity contribution is 0.600. The van der Waals surface area contributed by atoms with Crippen LogP contribution in [0.2, 0.25) is 0 Å². The van der Waals surface area contributed by atoms with E-state index in [0.717, 1.165) is 10.0 Å². The van der Waals surface area contributed by atoms with Crippen molar-refractivity contribution >= 4 is 48.8 Å². The topological polar surface area (TPSA) is 85.1 Å². The van der Waals surface area contributed by atoms with Gasteiger partial charge in [0, 0.05) is 16.4 Å². The number of nitrogens with one attached hydrogen (secondary N) is 1. The molecule has 8 heteroatoms. The lowest BCUT2D eigenvalue weighted by atomic mass is 10.2. The Bertz CT molecular complexity index is 807. The Morgan fingerprint density at radius 2 is 2.10 bits per heavy atom. The van der Waals surface area contributed by atoms with Gasteiger partial charge in [0.05, 0.1) is 0 Å². The van der Waals surface area contributed by atoms with Crippen molar-refractivity contribution in [3.8, 4) is 0 Å². The molecule has 0 aliphatic carbocycles. The Morgan fingerprint density at radius 1 is 1.38 bits per heavy atom. The number of rotatable bonds is 4. The molecule has 0 aliphatic heterocycles. The zero-order chi connectivity index (χ0) is 15.6. The molecule has 110 valence electrons. The van der Waals surface area contributed by atoms with Gasteiger partial charge in [0.2, 0.25) is 0 Å². The van der Waals surface area contributed by atoms with Gasteiger partial charge in [-0.25, -0.2) is 8.42 Å². The number of hydrogen-bond acceptors (Lipinski definition) is 4. The number of anilines is 1. The first-order valence-electron chi connectivity index (χ1n) is 5.85. The van der Waals surface area contributed by atoms with Gasteiger partial charge < -0.3 is 5.73 Å².